The van der Waals surface area contributed by atoms with Crippen LogP contribution >= 0.6 is 31.9 Å². The number of alkyl halides is 2. The van der Waals surface area contributed by atoms with Crippen LogP contribution in [0.1, 0.15) is 25.7 Å². The van der Waals surface area contributed by atoms with Crippen LogP contribution in [0.4, 0.5) is 0 Å². The first-order valence-electron chi connectivity index (χ1n) is 5.04. The molecule has 4 aliphatic rings. The topological polar surface area (TPSA) is 0 Å². The van der Waals surface area contributed by atoms with Crippen molar-refractivity contribution in [1.29, 1.82) is 0 Å². The van der Waals surface area contributed by atoms with Gasteiger partial charge in [-0.05, 0) is 49.4 Å². The van der Waals surface area contributed by atoms with Crippen molar-refractivity contribution in [2.24, 2.45) is 23.7 Å². The van der Waals surface area contributed by atoms with Crippen LogP contribution in [-0.4, -0.2) is 9.65 Å². The zero-order valence-corrected chi connectivity index (χ0v) is 10.2. The zero-order chi connectivity index (χ0) is 8.29. The molecule has 0 spiro atoms. The van der Waals surface area contributed by atoms with Crippen LogP contribution < -0.4 is 0 Å². The Bertz CT molecular complexity index is 186. The molecule has 4 aliphatic carbocycles. The van der Waals surface area contributed by atoms with Gasteiger partial charge in [-0.15, -0.1) is 0 Å². The van der Waals surface area contributed by atoms with Gasteiger partial charge in [-0.25, -0.2) is 0 Å². The van der Waals surface area contributed by atoms with Gasteiger partial charge in [0.25, 0.3) is 0 Å². The zero-order valence-electron chi connectivity index (χ0n) is 7.05. The molecule has 4 fully saturated rings. The summed E-state index contributed by atoms with van der Waals surface area (Å²) in [6.45, 7) is 0. The third kappa shape index (κ3) is 1.00. The smallest absolute Gasteiger partial charge is 0.0213 e. The van der Waals surface area contributed by atoms with Crippen LogP contribution in [0.5, 0.6) is 0 Å². The molecule has 12 heavy (non-hydrogen) atoms. The summed E-state index contributed by atoms with van der Waals surface area (Å²) >= 11 is 7.78. The van der Waals surface area contributed by atoms with E-state index in [9.17, 15) is 0 Å². The molecule has 4 saturated carbocycles. The molecule has 6 atom stereocenters. The molecular weight excluding hydrogens is 280 g/mol. The van der Waals surface area contributed by atoms with Gasteiger partial charge >= 0.3 is 0 Å². The normalized spacial score (nSPS) is 62.5. The highest BCUT2D eigenvalue weighted by Crippen LogP contribution is 2.57. The summed E-state index contributed by atoms with van der Waals surface area (Å²) < 4.78 is 0. The Hall–Kier alpha value is 0.960. The fraction of sp³-hybridized carbons (Fsp3) is 1.00. The van der Waals surface area contributed by atoms with Crippen LogP contribution in [0.3, 0.4) is 0 Å². The lowest BCUT2D eigenvalue weighted by Gasteiger charge is -2.55. The SMILES string of the molecule is Br[C@@H]1C2CC3C[C@@H]1C[C@H](C3)[C@@H]2Br. The molecule has 0 amide bonds. The molecule has 2 heteroatoms. The van der Waals surface area contributed by atoms with Crippen molar-refractivity contribution in [3.8, 4) is 0 Å². The summed E-state index contributed by atoms with van der Waals surface area (Å²) in [7, 11) is 0. The van der Waals surface area contributed by atoms with Crippen LogP contribution in [0.15, 0.2) is 0 Å². The minimum atomic E-state index is 0.828. The van der Waals surface area contributed by atoms with Crippen molar-refractivity contribution < 1.29 is 0 Å². The molecule has 4 bridgehead atoms. The molecule has 0 heterocycles. The van der Waals surface area contributed by atoms with Gasteiger partial charge in [-0.1, -0.05) is 31.9 Å². The molecule has 0 aromatic rings. The number of hydrogen-bond acceptors (Lipinski definition) is 0. The first kappa shape index (κ1) is 8.28. The standard InChI is InChI=1S/C10H14Br2/c11-9-6-1-5-2-7(4-6)10(12)8(9)3-5/h5-10H,1-4H2/t5?,6-,7+,8?,9-,10-/m0/s1. The molecule has 4 rings (SSSR count). The molecular formula is C10H14Br2. The van der Waals surface area contributed by atoms with E-state index in [-0.39, 0.29) is 0 Å². The summed E-state index contributed by atoms with van der Waals surface area (Å²) in [6.07, 6.45) is 6.00. The monoisotopic (exact) mass is 292 g/mol. The first-order chi connectivity index (χ1) is 5.75. The second kappa shape index (κ2) is 2.73. The highest BCUT2D eigenvalue weighted by atomic mass is 79.9. The lowest BCUT2D eigenvalue weighted by molar-refractivity contribution is 0.0379. The largest absolute Gasteiger partial charge is 0.0884 e. The van der Waals surface area contributed by atoms with Crippen LogP contribution in [0.25, 0.3) is 0 Å². The Kier molecular flexibility index (Phi) is 1.88. The maximum atomic E-state index is 3.89. The lowest BCUT2D eigenvalue weighted by atomic mass is 9.56. The highest BCUT2D eigenvalue weighted by Gasteiger charge is 2.51. The second-order valence-electron chi connectivity index (χ2n) is 4.88. The van der Waals surface area contributed by atoms with Crippen molar-refractivity contribution in [2.45, 2.75) is 35.3 Å². The Labute approximate surface area is 90.7 Å². The van der Waals surface area contributed by atoms with E-state index in [0.717, 1.165) is 33.3 Å². The molecule has 0 N–H and O–H groups in total. The predicted molar refractivity (Wildman–Crippen MR) is 57.9 cm³/mol. The first-order valence-corrected chi connectivity index (χ1v) is 6.87. The van der Waals surface area contributed by atoms with E-state index in [4.69, 9.17) is 0 Å². The van der Waals surface area contributed by atoms with Gasteiger partial charge in [0.2, 0.25) is 0 Å². The maximum Gasteiger partial charge on any atom is 0.0213 e. The minimum Gasteiger partial charge on any atom is -0.0884 e. The molecule has 2 unspecified atom stereocenters. The van der Waals surface area contributed by atoms with Gasteiger partial charge in [-0.3, -0.25) is 0 Å². The van der Waals surface area contributed by atoms with Crippen molar-refractivity contribution in [1.82, 2.24) is 0 Å². The molecule has 0 aromatic carbocycles. The van der Waals surface area contributed by atoms with Gasteiger partial charge in [-0.2, -0.15) is 0 Å². The highest BCUT2D eigenvalue weighted by molar-refractivity contribution is 9.10. The maximum absolute atomic E-state index is 3.89. The van der Waals surface area contributed by atoms with Crippen LogP contribution in [0, 0.1) is 23.7 Å². The fourth-order valence-electron chi connectivity index (χ4n) is 3.77. The number of rotatable bonds is 0. The molecule has 0 radical (unpaired) electrons. The molecule has 0 nitrogen and oxygen atoms in total. The van der Waals surface area contributed by atoms with E-state index in [2.05, 4.69) is 31.9 Å². The van der Waals surface area contributed by atoms with E-state index in [1.807, 2.05) is 0 Å². The Morgan fingerprint density at radius 2 is 1.33 bits per heavy atom. The number of hydrogen-bond donors (Lipinski definition) is 0. The Morgan fingerprint density at radius 3 is 1.92 bits per heavy atom. The third-order valence-corrected chi connectivity index (χ3v) is 7.06. The number of halogens is 2. The van der Waals surface area contributed by atoms with E-state index in [0.29, 0.717) is 0 Å². The van der Waals surface area contributed by atoms with E-state index in [1.165, 1.54) is 25.7 Å². The van der Waals surface area contributed by atoms with Crippen molar-refractivity contribution in [2.75, 3.05) is 0 Å². The average Bonchev–Trinajstić information content (AvgIpc) is 2.07. The van der Waals surface area contributed by atoms with Crippen molar-refractivity contribution in [3.05, 3.63) is 0 Å². The lowest BCUT2D eigenvalue weighted by Crippen LogP contribution is -2.51. The second-order valence-corrected chi connectivity index (χ2v) is 7.00. The minimum absolute atomic E-state index is 0.828. The van der Waals surface area contributed by atoms with Gasteiger partial charge in [0.1, 0.15) is 0 Å². The Morgan fingerprint density at radius 1 is 0.750 bits per heavy atom. The van der Waals surface area contributed by atoms with Gasteiger partial charge in [0.15, 0.2) is 0 Å². The van der Waals surface area contributed by atoms with Crippen molar-refractivity contribution in [3.63, 3.8) is 0 Å². The molecule has 0 aromatic heterocycles. The summed E-state index contributed by atoms with van der Waals surface area (Å²) in [6, 6.07) is 0. The van der Waals surface area contributed by atoms with E-state index in [1.54, 1.807) is 0 Å². The summed E-state index contributed by atoms with van der Waals surface area (Å²) in [5.74, 6) is 4.06. The molecule has 68 valence electrons. The van der Waals surface area contributed by atoms with Crippen LogP contribution in [-0.2, 0) is 0 Å². The fourth-order valence-corrected chi connectivity index (χ4v) is 6.13. The van der Waals surface area contributed by atoms with Crippen molar-refractivity contribution >= 4 is 31.9 Å². The van der Waals surface area contributed by atoms with E-state index >= 15 is 0 Å². The molecule has 0 aliphatic heterocycles. The van der Waals surface area contributed by atoms with Gasteiger partial charge < -0.3 is 0 Å². The van der Waals surface area contributed by atoms with E-state index < -0.39 is 0 Å². The average molecular weight is 294 g/mol. The predicted octanol–water partition coefficient (Wildman–Crippen LogP) is 3.58. The summed E-state index contributed by atoms with van der Waals surface area (Å²) in [5, 5.41) is 0. The third-order valence-electron chi connectivity index (χ3n) is 4.20. The quantitative estimate of drug-likeness (QED) is 0.599. The summed E-state index contributed by atoms with van der Waals surface area (Å²) in [4.78, 5) is 1.66. The van der Waals surface area contributed by atoms with Crippen LogP contribution in [0.2, 0.25) is 0 Å². The van der Waals surface area contributed by atoms with Gasteiger partial charge in [0, 0.05) is 9.65 Å². The van der Waals surface area contributed by atoms with Gasteiger partial charge in [0.05, 0.1) is 0 Å². The summed E-state index contributed by atoms with van der Waals surface area (Å²) in [5.41, 5.74) is 0. The Balaban J connectivity index is 1.93. The molecule has 0 saturated heterocycles.